The lowest BCUT2D eigenvalue weighted by Gasteiger charge is -2.30. The van der Waals surface area contributed by atoms with Gasteiger partial charge in [0.25, 0.3) is 11.8 Å². The topological polar surface area (TPSA) is 58.6 Å². The Bertz CT molecular complexity index is 1400. The second-order valence-corrected chi connectivity index (χ2v) is 8.21. The molecule has 0 aromatic heterocycles. The van der Waals surface area contributed by atoms with Crippen LogP contribution in [0.25, 0.3) is 0 Å². The van der Waals surface area contributed by atoms with Gasteiger partial charge in [0.2, 0.25) is 0 Å². The van der Waals surface area contributed by atoms with Crippen molar-refractivity contribution in [3.8, 4) is 5.75 Å². The fourth-order valence-corrected chi connectivity index (χ4v) is 4.04. The number of halogens is 8. The quantitative estimate of drug-likeness (QED) is 0.372. The number of carbonyl (C=O) groups excluding carboxylic acids is 2. The number of rotatable bonds is 5. The van der Waals surface area contributed by atoms with Crippen LogP contribution in [0.2, 0.25) is 0 Å². The third kappa shape index (κ3) is 4.31. The van der Waals surface area contributed by atoms with E-state index in [0.29, 0.717) is 17.2 Å². The first-order valence-corrected chi connectivity index (χ1v) is 10.7. The number of ether oxygens (including phenoxy) is 1. The number of alkyl halides is 7. The second kappa shape index (κ2) is 9.30. The summed E-state index contributed by atoms with van der Waals surface area (Å²) in [6.07, 6.45) is -12.7. The minimum atomic E-state index is -6.35. The molecule has 0 radical (unpaired) electrons. The van der Waals surface area contributed by atoms with Crippen molar-refractivity contribution in [1.82, 2.24) is 0 Å². The average Bonchev–Trinajstić information content (AvgIpc) is 3.18. The van der Waals surface area contributed by atoms with Gasteiger partial charge in [0.15, 0.2) is 5.82 Å². The molecule has 0 saturated carbocycles. The van der Waals surface area contributed by atoms with E-state index in [4.69, 9.17) is 4.74 Å². The average molecular weight is 544 g/mol. The van der Waals surface area contributed by atoms with E-state index < -0.39 is 58.2 Å². The normalized spacial score (nSPS) is 13.9. The molecule has 0 unspecified atom stereocenters. The van der Waals surface area contributed by atoms with Crippen LogP contribution in [0, 0.1) is 5.82 Å². The molecule has 38 heavy (non-hydrogen) atoms. The Labute approximate surface area is 209 Å². The summed E-state index contributed by atoms with van der Waals surface area (Å²) in [5, 5.41) is 2.13. The Morgan fingerprint density at radius 3 is 2.18 bits per heavy atom. The molecule has 1 N–H and O–H groups in total. The first kappa shape index (κ1) is 26.9. The number of anilines is 2. The molecule has 1 aliphatic rings. The fraction of sp³-hybridized carbons (Fsp3) is 0.200. The number of nitrogens with one attached hydrogen (secondary N) is 1. The molecule has 4 rings (SSSR count). The minimum absolute atomic E-state index is 0.0374. The van der Waals surface area contributed by atoms with Gasteiger partial charge in [-0.15, -0.1) is 0 Å². The third-order valence-corrected chi connectivity index (χ3v) is 5.96. The highest BCUT2D eigenvalue weighted by Gasteiger charge is 2.73. The number of amides is 2. The van der Waals surface area contributed by atoms with E-state index >= 15 is 4.39 Å². The molecule has 0 fully saturated rings. The van der Waals surface area contributed by atoms with Gasteiger partial charge in [0.05, 0.1) is 30.6 Å². The van der Waals surface area contributed by atoms with Crippen LogP contribution in [0.1, 0.15) is 31.8 Å². The number of methoxy groups -OCH3 is 1. The smallest absolute Gasteiger partial charge is 0.435 e. The molecular weight excluding hydrogens is 528 g/mol. The van der Waals surface area contributed by atoms with Gasteiger partial charge in [0.1, 0.15) is 5.75 Å². The first-order chi connectivity index (χ1) is 17.7. The maximum absolute atomic E-state index is 15.4. The number of carbonyl (C=O) groups is 2. The monoisotopic (exact) mass is 544 g/mol. The SMILES string of the molecule is COc1cc(C(F)(C(F)(F)F)C(F)(F)F)ccc1NC(=O)c1cccc(N2Cc3ccccc3C2=O)c1F. The Morgan fingerprint density at radius 1 is 0.921 bits per heavy atom. The van der Waals surface area contributed by atoms with Crippen LogP contribution in [0.3, 0.4) is 0 Å². The number of hydrogen-bond acceptors (Lipinski definition) is 3. The van der Waals surface area contributed by atoms with Gasteiger partial charge in [-0.3, -0.25) is 9.59 Å². The minimum Gasteiger partial charge on any atom is -0.495 e. The molecule has 3 aromatic rings. The summed E-state index contributed by atoms with van der Waals surface area (Å²) in [6, 6.07) is 11.1. The molecule has 3 aromatic carbocycles. The van der Waals surface area contributed by atoms with Gasteiger partial charge >= 0.3 is 18.0 Å². The molecule has 1 aliphatic heterocycles. The summed E-state index contributed by atoms with van der Waals surface area (Å²) in [7, 11) is 0.869. The first-order valence-electron chi connectivity index (χ1n) is 10.7. The van der Waals surface area contributed by atoms with Gasteiger partial charge in [-0.25, -0.2) is 8.78 Å². The maximum Gasteiger partial charge on any atom is 0.435 e. The van der Waals surface area contributed by atoms with E-state index in [-0.39, 0.29) is 24.4 Å². The predicted molar refractivity (Wildman–Crippen MR) is 119 cm³/mol. The molecule has 5 nitrogen and oxygen atoms in total. The zero-order valence-electron chi connectivity index (χ0n) is 19.2. The summed E-state index contributed by atoms with van der Waals surface area (Å²) >= 11 is 0. The van der Waals surface area contributed by atoms with E-state index in [1.54, 1.807) is 24.3 Å². The van der Waals surface area contributed by atoms with Crippen molar-refractivity contribution in [2.45, 2.75) is 24.6 Å². The number of benzene rings is 3. The zero-order chi connectivity index (χ0) is 28.0. The van der Waals surface area contributed by atoms with E-state index in [1.807, 2.05) is 0 Å². The molecule has 1 heterocycles. The van der Waals surface area contributed by atoms with Gasteiger partial charge in [0, 0.05) is 11.1 Å². The van der Waals surface area contributed by atoms with Crippen molar-refractivity contribution >= 4 is 23.2 Å². The zero-order valence-corrected chi connectivity index (χ0v) is 19.2. The maximum atomic E-state index is 15.4. The molecule has 0 atom stereocenters. The Balaban J connectivity index is 1.65. The Hall–Kier alpha value is -4.16. The van der Waals surface area contributed by atoms with Crippen molar-refractivity contribution in [2.24, 2.45) is 0 Å². The highest BCUT2D eigenvalue weighted by Crippen LogP contribution is 2.54. The number of fused-ring (bicyclic) bond motifs is 1. The number of hydrogen-bond donors (Lipinski definition) is 1. The van der Waals surface area contributed by atoms with E-state index in [1.165, 1.54) is 12.1 Å². The molecule has 13 heteroatoms. The number of nitrogens with zero attached hydrogens (tertiary/aromatic N) is 1. The van der Waals surface area contributed by atoms with Gasteiger partial charge < -0.3 is 15.0 Å². The van der Waals surface area contributed by atoms with E-state index in [2.05, 4.69) is 5.32 Å². The van der Waals surface area contributed by atoms with Crippen LogP contribution in [-0.2, 0) is 12.2 Å². The summed E-state index contributed by atoms with van der Waals surface area (Å²) in [5.41, 5.74) is -7.81. The van der Waals surface area contributed by atoms with Gasteiger partial charge in [-0.2, -0.15) is 26.3 Å². The van der Waals surface area contributed by atoms with Crippen molar-refractivity contribution in [3.63, 3.8) is 0 Å². The van der Waals surface area contributed by atoms with Crippen LogP contribution >= 0.6 is 0 Å². The lowest BCUT2D eigenvalue weighted by atomic mass is 9.93. The molecule has 0 saturated heterocycles. The lowest BCUT2D eigenvalue weighted by molar-refractivity contribution is -0.348. The third-order valence-electron chi connectivity index (χ3n) is 5.96. The van der Waals surface area contributed by atoms with Crippen molar-refractivity contribution in [2.75, 3.05) is 17.3 Å². The second-order valence-electron chi connectivity index (χ2n) is 8.21. The van der Waals surface area contributed by atoms with Gasteiger partial charge in [-0.1, -0.05) is 30.3 Å². The van der Waals surface area contributed by atoms with Crippen LogP contribution in [-0.4, -0.2) is 31.3 Å². The Morgan fingerprint density at radius 2 is 1.58 bits per heavy atom. The van der Waals surface area contributed by atoms with Crippen LogP contribution in [0.4, 0.5) is 46.5 Å². The molecule has 200 valence electrons. The Kier molecular flexibility index (Phi) is 6.58. The molecule has 0 spiro atoms. The van der Waals surface area contributed by atoms with Crippen molar-refractivity contribution < 1.29 is 49.4 Å². The highest BCUT2D eigenvalue weighted by molar-refractivity contribution is 6.11. The van der Waals surface area contributed by atoms with Crippen LogP contribution in [0.5, 0.6) is 5.75 Å². The predicted octanol–water partition coefficient (Wildman–Crippen LogP) is 6.54. The summed E-state index contributed by atoms with van der Waals surface area (Å²) in [5.74, 6) is -3.50. The van der Waals surface area contributed by atoms with Crippen LogP contribution < -0.4 is 15.0 Å². The summed E-state index contributed by atoms with van der Waals surface area (Å²) < 4.78 is 113. The standard InChI is InChI=1S/C25H16F8N2O3/c1-38-19-11-14(23(27,24(28,29)30)25(31,32)33)9-10-17(19)34-21(36)16-7-4-8-18(20(16)26)35-12-13-5-2-3-6-15(13)22(35)37/h2-11H,12H2,1H3,(H,34,36). The van der Waals surface area contributed by atoms with E-state index in [9.17, 15) is 40.3 Å². The van der Waals surface area contributed by atoms with Crippen molar-refractivity contribution in [1.29, 1.82) is 0 Å². The molecule has 2 amide bonds. The summed E-state index contributed by atoms with van der Waals surface area (Å²) in [6.45, 7) is 0.0374. The summed E-state index contributed by atoms with van der Waals surface area (Å²) in [4.78, 5) is 26.6. The molecule has 0 aliphatic carbocycles. The molecular formula is C25H16F8N2O3. The van der Waals surface area contributed by atoms with Crippen molar-refractivity contribution in [3.05, 3.63) is 88.7 Å². The van der Waals surface area contributed by atoms with Crippen LogP contribution in [0.15, 0.2) is 60.7 Å². The lowest BCUT2D eigenvalue weighted by Crippen LogP contribution is -2.50. The van der Waals surface area contributed by atoms with Gasteiger partial charge in [-0.05, 0) is 35.9 Å². The fourth-order valence-electron chi connectivity index (χ4n) is 4.04. The highest BCUT2D eigenvalue weighted by atomic mass is 19.4. The molecule has 0 bridgehead atoms. The largest absolute Gasteiger partial charge is 0.495 e. The van der Waals surface area contributed by atoms with E-state index in [0.717, 1.165) is 18.1 Å².